The summed E-state index contributed by atoms with van der Waals surface area (Å²) in [6.45, 7) is 13.0. The molecular weight excluding hydrogens is 826 g/mol. The van der Waals surface area contributed by atoms with Gasteiger partial charge in [0.05, 0.1) is 35.1 Å². The zero-order valence-electron chi connectivity index (χ0n) is 37.3. The highest BCUT2D eigenvalue weighted by atomic mass is 19.1. The first-order valence-electron chi connectivity index (χ1n) is 22.1. The van der Waals surface area contributed by atoms with Crippen molar-refractivity contribution in [1.82, 2.24) is 25.1 Å². The molecule has 1 aromatic carbocycles. The van der Waals surface area contributed by atoms with Crippen molar-refractivity contribution >= 4 is 46.1 Å². The lowest BCUT2D eigenvalue weighted by Crippen LogP contribution is -2.43. The van der Waals surface area contributed by atoms with Crippen LogP contribution in [0.1, 0.15) is 113 Å². The van der Waals surface area contributed by atoms with Crippen LogP contribution in [0.15, 0.2) is 47.5 Å². The van der Waals surface area contributed by atoms with Crippen molar-refractivity contribution in [2.45, 2.75) is 124 Å². The van der Waals surface area contributed by atoms with Gasteiger partial charge < -0.3 is 29.8 Å². The standard InChI is InChI=1S/C48H58FN5O10/c1-7-48(62)31(6)64-25-36-37(48)22-40-44-35(24-54(40)47(36)61)33(34-20-27(2)38(49)23-39(34)52-44)14-10-12-18-63-26-50-45(59)29(4)21-41(56)30(5)51-46(60)28(3)19-32(55)13-9-8-11-17-53-42(57)15-16-43(53)58/h15-16,20,22-23,28-30,62H,6-14,17-19,21,24-26H2,1-5H3,(H,50,59)(H,51,60)/t28-,29-,30+,48-/m1/s1. The van der Waals surface area contributed by atoms with Crippen LogP contribution in [0.4, 0.5) is 4.39 Å². The summed E-state index contributed by atoms with van der Waals surface area (Å²) in [5, 5.41) is 17.7. The molecule has 0 unspecified atom stereocenters. The highest BCUT2D eigenvalue weighted by Gasteiger charge is 2.41. The molecule has 0 spiro atoms. The first-order chi connectivity index (χ1) is 30.4. The molecule has 0 saturated carbocycles. The Balaban J connectivity index is 0.931. The molecule has 3 N–H and O–H groups in total. The summed E-state index contributed by atoms with van der Waals surface area (Å²) < 4.78 is 27.9. The summed E-state index contributed by atoms with van der Waals surface area (Å²) >= 11 is 0. The van der Waals surface area contributed by atoms with Gasteiger partial charge in [0.2, 0.25) is 11.8 Å². The maximum atomic E-state index is 14.9. The number of nitrogens with zero attached hydrogens (tertiary/aromatic N) is 3. The van der Waals surface area contributed by atoms with Crippen molar-refractivity contribution in [1.29, 1.82) is 0 Å². The Labute approximate surface area is 371 Å². The first kappa shape index (κ1) is 47.6. The lowest BCUT2D eigenvalue weighted by atomic mass is 9.84. The average Bonchev–Trinajstić information content (AvgIpc) is 3.79. The smallest absolute Gasteiger partial charge is 0.258 e. The maximum absolute atomic E-state index is 14.9. The Morgan fingerprint density at radius 1 is 0.969 bits per heavy atom. The third kappa shape index (κ3) is 10.2. The van der Waals surface area contributed by atoms with E-state index in [0.717, 1.165) is 21.4 Å². The van der Waals surface area contributed by atoms with E-state index in [1.165, 1.54) is 18.2 Å². The van der Waals surface area contributed by atoms with E-state index in [-0.39, 0.29) is 92.0 Å². The van der Waals surface area contributed by atoms with Gasteiger partial charge in [0, 0.05) is 79.0 Å². The molecule has 3 aliphatic heterocycles. The molecule has 0 bridgehead atoms. The number of benzene rings is 1. The minimum Gasteiger partial charge on any atom is -0.490 e. The summed E-state index contributed by atoms with van der Waals surface area (Å²) in [6.07, 6.45) is 6.57. The van der Waals surface area contributed by atoms with E-state index in [1.54, 1.807) is 51.3 Å². The molecule has 0 saturated heterocycles. The van der Waals surface area contributed by atoms with Crippen LogP contribution in [0.25, 0.3) is 22.3 Å². The van der Waals surface area contributed by atoms with Gasteiger partial charge in [-0.25, -0.2) is 9.37 Å². The summed E-state index contributed by atoms with van der Waals surface area (Å²) in [6, 6.07) is 4.12. The number of ether oxygens (including phenoxy) is 2. The number of halogens is 1. The van der Waals surface area contributed by atoms with Gasteiger partial charge in [0.1, 0.15) is 36.3 Å². The van der Waals surface area contributed by atoms with Crippen molar-refractivity contribution in [2.75, 3.05) is 19.9 Å². The van der Waals surface area contributed by atoms with Crippen molar-refractivity contribution in [3.8, 4) is 11.4 Å². The quantitative estimate of drug-likeness (QED) is 0.0538. The molecular formula is C48H58FN5O10. The molecule has 3 aromatic rings. The number of imide groups is 1. The number of aryl methyl sites for hydroxylation is 2. The zero-order chi connectivity index (χ0) is 46.5. The molecule has 64 heavy (non-hydrogen) atoms. The van der Waals surface area contributed by atoms with Crippen LogP contribution in [0, 0.1) is 24.6 Å². The number of aliphatic hydroxyl groups is 1. The van der Waals surface area contributed by atoms with E-state index in [1.807, 2.05) is 0 Å². The zero-order valence-corrected chi connectivity index (χ0v) is 37.3. The SMILES string of the molecule is C=C1OCc2c(cc3n(c2=O)Cc2c-3nc3cc(F)c(C)cc3c2CCCCOCNC(=O)[C@H](C)CC(=O)[C@H](C)NC(=O)[C@H](C)CC(=O)CCCCCN2C(=O)C=CC2=O)[C@@]1(O)CC. The third-order valence-corrected chi connectivity index (χ3v) is 12.6. The molecule has 5 heterocycles. The summed E-state index contributed by atoms with van der Waals surface area (Å²) in [4.78, 5) is 94.1. The van der Waals surface area contributed by atoms with E-state index in [9.17, 15) is 43.1 Å². The summed E-state index contributed by atoms with van der Waals surface area (Å²) in [5.74, 6) is -3.46. The Morgan fingerprint density at radius 3 is 2.41 bits per heavy atom. The average molecular weight is 884 g/mol. The van der Waals surface area contributed by atoms with Gasteiger partial charge in [-0.15, -0.1) is 0 Å². The van der Waals surface area contributed by atoms with Crippen LogP contribution in [0.5, 0.6) is 0 Å². The first-order valence-corrected chi connectivity index (χ1v) is 22.1. The van der Waals surface area contributed by atoms with E-state index in [0.29, 0.717) is 85.3 Å². The molecule has 6 rings (SSSR count). The molecule has 0 radical (unpaired) electrons. The summed E-state index contributed by atoms with van der Waals surface area (Å²) in [7, 11) is 0. The van der Waals surface area contributed by atoms with Gasteiger partial charge in [-0.3, -0.25) is 38.5 Å². The second-order valence-corrected chi connectivity index (χ2v) is 17.2. The molecule has 16 heteroatoms. The van der Waals surface area contributed by atoms with Crippen LogP contribution in [-0.4, -0.2) is 80.7 Å². The largest absolute Gasteiger partial charge is 0.490 e. The summed E-state index contributed by atoms with van der Waals surface area (Å²) in [5.41, 5.74) is 2.87. The Kier molecular flexibility index (Phi) is 15.1. The Bertz CT molecular complexity index is 2460. The number of pyridine rings is 2. The Morgan fingerprint density at radius 2 is 1.69 bits per heavy atom. The number of carbonyl (C=O) groups excluding carboxylic acids is 6. The van der Waals surface area contributed by atoms with Gasteiger partial charge in [0.25, 0.3) is 17.4 Å². The number of nitrogens with one attached hydrogen (secondary N) is 2. The van der Waals surface area contributed by atoms with Gasteiger partial charge >= 0.3 is 0 Å². The number of carbonyl (C=O) groups is 6. The fraction of sp³-hybridized carbons (Fsp3) is 0.500. The van der Waals surface area contributed by atoms with Crippen LogP contribution in [-0.2, 0) is 63.4 Å². The predicted molar refractivity (Wildman–Crippen MR) is 235 cm³/mol. The van der Waals surface area contributed by atoms with Crippen LogP contribution >= 0.6 is 0 Å². The number of unbranched alkanes of at least 4 members (excludes halogenated alkanes) is 3. The third-order valence-electron chi connectivity index (χ3n) is 12.6. The topological polar surface area (TPSA) is 203 Å². The number of amides is 4. The van der Waals surface area contributed by atoms with E-state index >= 15 is 0 Å². The van der Waals surface area contributed by atoms with E-state index in [4.69, 9.17) is 14.5 Å². The number of rotatable bonds is 22. The van der Waals surface area contributed by atoms with E-state index < -0.39 is 29.4 Å². The monoisotopic (exact) mass is 883 g/mol. The van der Waals surface area contributed by atoms with Crippen molar-refractivity contribution in [3.63, 3.8) is 0 Å². The second kappa shape index (κ2) is 20.3. The van der Waals surface area contributed by atoms with Gasteiger partial charge in [-0.2, -0.15) is 0 Å². The fourth-order valence-corrected chi connectivity index (χ4v) is 8.53. The van der Waals surface area contributed by atoms with E-state index in [2.05, 4.69) is 17.2 Å². The Hall–Kier alpha value is -5.87. The maximum Gasteiger partial charge on any atom is 0.258 e. The lowest BCUT2D eigenvalue weighted by Gasteiger charge is -2.35. The lowest BCUT2D eigenvalue weighted by molar-refractivity contribution is -0.137. The van der Waals surface area contributed by atoms with Crippen LogP contribution in [0.2, 0.25) is 0 Å². The number of hydrogen-bond acceptors (Lipinski definition) is 11. The fourth-order valence-electron chi connectivity index (χ4n) is 8.53. The van der Waals surface area contributed by atoms with Gasteiger partial charge in [-0.05, 0) is 75.6 Å². The molecule has 0 aliphatic carbocycles. The van der Waals surface area contributed by atoms with Crippen LogP contribution < -0.4 is 16.2 Å². The number of aromatic nitrogens is 2. The van der Waals surface area contributed by atoms with Crippen LogP contribution in [0.3, 0.4) is 0 Å². The number of hydrogen-bond donors (Lipinski definition) is 3. The van der Waals surface area contributed by atoms with Crippen molar-refractivity contribution in [3.05, 3.63) is 86.7 Å². The molecule has 4 atom stereocenters. The molecule has 0 fully saturated rings. The predicted octanol–water partition coefficient (Wildman–Crippen LogP) is 5.11. The normalized spacial score (nSPS) is 17.7. The minimum atomic E-state index is -1.53. The number of Topliss-reactive ketones (excluding diaryl/α,β-unsaturated/α-hetero) is 2. The minimum absolute atomic E-state index is 0.000450. The molecule has 3 aliphatic rings. The van der Waals surface area contributed by atoms with Crippen molar-refractivity contribution < 1.29 is 47.7 Å². The molecule has 15 nitrogen and oxygen atoms in total. The number of fused-ring (bicyclic) bond motifs is 5. The highest BCUT2D eigenvalue weighted by molar-refractivity contribution is 6.12. The van der Waals surface area contributed by atoms with Gasteiger partial charge in [0.15, 0.2) is 5.78 Å². The molecule has 4 amide bonds. The molecule has 2 aromatic heterocycles. The second-order valence-electron chi connectivity index (χ2n) is 17.2. The van der Waals surface area contributed by atoms with Crippen molar-refractivity contribution in [2.24, 2.45) is 11.8 Å². The molecule has 342 valence electrons. The van der Waals surface area contributed by atoms with Gasteiger partial charge in [-0.1, -0.05) is 33.8 Å². The number of ketones is 2. The highest BCUT2D eigenvalue weighted by Crippen LogP contribution is 2.43.